The van der Waals surface area contributed by atoms with Gasteiger partial charge in [0.15, 0.2) is 0 Å². The molecule has 94 valence electrons. The van der Waals surface area contributed by atoms with E-state index in [0.29, 0.717) is 11.3 Å². The molecule has 0 aliphatic rings. The molecule has 0 fully saturated rings. The number of carbonyl (C=O) groups is 2. The number of terminal acetylenes is 1. The van der Waals surface area contributed by atoms with Crippen LogP contribution in [-0.4, -0.2) is 29.6 Å². The van der Waals surface area contributed by atoms with E-state index in [2.05, 4.69) is 16.6 Å². The molecule has 0 bridgehead atoms. The highest BCUT2D eigenvalue weighted by atomic mass is 16.4. The Bertz CT molecular complexity index is 491. The fraction of sp³-hybridized carbons (Fsp3) is 0.231. The first-order valence-electron chi connectivity index (χ1n) is 5.33. The van der Waals surface area contributed by atoms with Gasteiger partial charge in [-0.15, -0.1) is 6.42 Å². The van der Waals surface area contributed by atoms with Crippen molar-refractivity contribution in [3.8, 4) is 12.3 Å². The molecule has 0 aliphatic carbocycles. The van der Waals surface area contributed by atoms with Gasteiger partial charge in [0.2, 0.25) is 5.91 Å². The second-order valence-corrected chi connectivity index (χ2v) is 3.70. The number of carboxylic acids is 1. The summed E-state index contributed by atoms with van der Waals surface area (Å²) in [4.78, 5) is 21.7. The molecule has 1 aromatic carbocycles. The van der Waals surface area contributed by atoms with Gasteiger partial charge in [0.1, 0.15) is 6.04 Å². The van der Waals surface area contributed by atoms with Crippen molar-refractivity contribution in [2.24, 2.45) is 0 Å². The quantitative estimate of drug-likeness (QED) is 0.667. The number of nitrogens with one attached hydrogen (secondary N) is 2. The highest BCUT2D eigenvalue weighted by Crippen LogP contribution is 2.09. The van der Waals surface area contributed by atoms with E-state index in [9.17, 15) is 9.59 Å². The van der Waals surface area contributed by atoms with Crippen molar-refractivity contribution in [3.05, 3.63) is 29.8 Å². The molecule has 1 aromatic rings. The number of aliphatic carboxylic acids is 1. The molecule has 0 aliphatic heterocycles. The minimum Gasteiger partial charge on any atom is -0.480 e. The third-order valence-electron chi connectivity index (χ3n) is 2.22. The Hall–Kier alpha value is -2.48. The van der Waals surface area contributed by atoms with Crippen LogP contribution in [0, 0.1) is 12.3 Å². The Morgan fingerprint density at radius 1 is 1.50 bits per heavy atom. The molecule has 1 amide bonds. The van der Waals surface area contributed by atoms with Crippen LogP contribution in [0.25, 0.3) is 0 Å². The number of benzene rings is 1. The molecule has 18 heavy (non-hydrogen) atoms. The highest BCUT2D eigenvalue weighted by molar-refractivity contribution is 5.82. The average Bonchev–Trinajstić information content (AvgIpc) is 2.34. The molecule has 1 atom stereocenters. The number of amides is 1. The third kappa shape index (κ3) is 4.18. The van der Waals surface area contributed by atoms with Crippen LogP contribution in [0.2, 0.25) is 0 Å². The van der Waals surface area contributed by atoms with Crippen LogP contribution in [0.1, 0.15) is 12.5 Å². The molecular formula is C13H14N2O3. The van der Waals surface area contributed by atoms with E-state index in [4.69, 9.17) is 11.5 Å². The van der Waals surface area contributed by atoms with Crippen molar-refractivity contribution in [1.82, 2.24) is 5.32 Å². The first-order valence-corrected chi connectivity index (χ1v) is 5.33. The Morgan fingerprint density at radius 3 is 2.78 bits per heavy atom. The van der Waals surface area contributed by atoms with E-state index in [1.807, 2.05) is 0 Å². The molecule has 1 unspecified atom stereocenters. The maximum atomic E-state index is 10.9. The van der Waals surface area contributed by atoms with E-state index in [-0.39, 0.29) is 12.5 Å². The molecule has 0 saturated heterocycles. The topological polar surface area (TPSA) is 78.4 Å². The minimum absolute atomic E-state index is 0.0862. The average molecular weight is 246 g/mol. The molecule has 0 spiro atoms. The predicted molar refractivity (Wildman–Crippen MR) is 68.1 cm³/mol. The smallest absolute Gasteiger partial charge is 0.328 e. The van der Waals surface area contributed by atoms with Crippen LogP contribution in [0.3, 0.4) is 0 Å². The van der Waals surface area contributed by atoms with Gasteiger partial charge < -0.3 is 15.7 Å². The number of anilines is 1. The van der Waals surface area contributed by atoms with Crippen molar-refractivity contribution in [1.29, 1.82) is 0 Å². The van der Waals surface area contributed by atoms with Gasteiger partial charge in [0.05, 0.1) is 0 Å². The molecule has 3 N–H and O–H groups in total. The maximum absolute atomic E-state index is 10.9. The van der Waals surface area contributed by atoms with E-state index in [0.717, 1.165) is 0 Å². The zero-order valence-corrected chi connectivity index (χ0v) is 9.93. The first kappa shape index (κ1) is 13.6. The normalized spacial score (nSPS) is 11.1. The predicted octanol–water partition coefficient (Wildman–Crippen LogP) is 0.669. The second-order valence-electron chi connectivity index (χ2n) is 3.70. The van der Waals surface area contributed by atoms with Crippen LogP contribution in [0.15, 0.2) is 24.3 Å². The summed E-state index contributed by atoms with van der Waals surface area (Å²) in [6.07, 6.45) is 5.26. The first-order chi connectivity index (χ1) is 8.52. The molecule has 1 rings (SSSR count). The SMILES string of the molecule is C#Cc1cccc(NCC(NC(C)=O)C(=O)O)c1. The van der Waals surface area contributed by atoms with Crippen molar-refractivity contribution in [2.45, 2.75) is 13.0 Å². The maximum Gasteiger partial charge on any atom is 0.328 e. The Balaban J connectivity index is 2.64. The van der Waals surface area contributed by atoms with Gasteiger partial charge >= 0.3 is 5.97 Å². The zero-order chi connectivity index (χ0) is 13.5. The number of carbonyl (C=O) groups excluding carboxylic acids is 1. The molecule has 0 heterocycles. The van der Waals surface area contributed by atoms with E-state index < -0.39 is 12.0 Å². The summed E-state index contributed by atoms with van der Waals surface area (Å²) in [5.74, 6) is 1.00. The Labute approximate surface area is 105 Å². The summed E-state index contributed by atoms with van der Waals surface area (Å²) in [5, 5.41) is 14.2. The van der Waals surface area contributed by atoms with Crippen molar-refractivity contribution in [2.75, 3.05) is 11.9 Å². The van der Waals surface area contributed by atoms with Crippen molar-refractivity contribution in [3.63, 3.8) is 0 Å². The van der Waals surface area contributed by atoms with Crippen LogP contribution in [-0.2, 0) is 9.59 Å². The lowest BCUT2D eigenvalue weighted by atomic mass is 10.2. The summed E-state index contributed by atoms with van der Waals surface area (Å²) in [6.45, 7) is 1.36. The van der Waals surface area contributed by atoms with Gasteiger partial charge in [-0.2, -0.15) is 0 Å². The summed E-state index contributed by atoms with van der Waals surface area (Å²) >= 11 is 0. The highest BCUT2D eigenvalue weighted by Gasteiger charge is 2.17. The standard InChI is InChI=1S/C13H14N2O3/c1-3-10-5-4-6-11(7-10)14-8-12(13(17)18)15-9(2)16/h1,4-7,12,14H,8H2,2H3,(H,15,16)(H,17,18). The Morgan fingerprint density at radius 2 is 2.22 bits per heavy atom. The zero-order valence-electron chi connectivity index (χ0n) is 9.93. The largest absolute Gasteiger partial charge is 0.480 e. The van der Waals surface area contributed by atoms with E-state index in [1.54, 1.807) is 24.3 Å². The van der Waals surface area contributed by atoms with Crippen molar-refractivity contribution >= 4 is 17.6 Å². The third-order valence-corrected chi connectivity index (χ3v) is 2.22. The van der Waals surface area contributed by atoms with Gasteiger partial charge in [-0.05, 0) is 18.2 Å². The second kappa shape index (κ2) is 6.30. The van der Waals surface area contributed by atoms with Gasteiger partial charge in [-0.25, -0.2) is 4.79 Å². The van der Waals surface area contributed by atoms with Crippen LogP contribution >= 0.6 is 0 Å². The van der Waals surface area contributed by atoms with Gasteiger partial charge in [0.25, 0.3) is 0 Å². The van der Waals surface area contributed by atoms with E-state index >= 15 is 0 Å². The lowest BCUT2D eigenvalue weighted by Gasteiger charge is -2.15. The Kier molecular flexibility index (Phi) is 4.76. The lowest BCUT2D eigenvalue weighted by Crippen LogP contribution is -2.44. The summed E-state index contributed by atoms with van der Waals surface area (Å²) in [6, 6.07) is 6.07. The molecule has 0 aromatic heterocycles. The summed E-state index contributed by atoms with van der Waals surface area (Å²) in [7, 11) is 0. The van der Waals surface area contributed by atoms with Gasteiger partial charge in [0, 0.05) is 24.7 Å². The molecular weight excluding hydrogens is 232 g/mol. The van der Waals surface area contributed by atoms with Crippen molar-refractivity contribution < 1.29 is 14.7 Å². The number of rotatable bonds is 5. The molecule has 0 saturated carbocycles. The molecule has 5 nitrogen and oxygen atoms in total. The fourth-order valence-electron chi connectivity index (χ4n) is 1.38. The number of hydrogen-bond donors (Lipinski definition) is 3. The minimum atomic E-state index is -1.09. The van der Waals surface area contributed by atoms with Crippen LogP contribution in [0.4, 0.5) is 5.69 Å². The van der Waals surface area contributed by atoms with Crippen LogP contribution < -0.4 is 10.6 Å². The fourth-order valence-corrected chi connectivity index (χ4v) is 1.38. The summed E-state index contributed by atoms with van der Waals surface area (Å²) in [5.41, 5.74) is 1.41. The molecule has 5 heteroatoms. The van der Waals surface area contributed by atoms with Gasteiger partial charge in [-0.1, -0.05) is 12.0 Å². The number of hydrogen-bond acceptors (Lipinski definition) is 3. The van der Waals surface area contributed by atoms with E-state index in [1.165, 1.54) is 6.92 Å². The summed E-state index contributed by atoms with van der Waals surface area (Å²) < 4.78 is 0. The van der Waals surface area contributed by atoms with Gasteiger partial charge in [-0.3, -0.25) is 4.79 Å². The molecule has 0 radical (unpaired) electrons. The number of carboxylic acid groups (broad SMARTS) is 1. The lowest BCUT2D eigenvalue weighted by molar-refractivity contribution is -0.141. The monoisotopic (exact) mass is 246 g/mol. The van der Waals surface area contributed by atoms with Crippen LogP contribution in [0.5, 0.6) is 0 Å².